The van der Waals surface area contributed by atoms with Crippen molar-refractivity contribution < 1.29 is 14.0 Å². The Morgan fingerprint density at radius 3 is 2.85 bits per heavy atom. The largest absolute Gasteiger partial charge is 0.490 e. The van der Waals surface area contributed by atoms with Crippen LogP contribution in [0.15, 0.2) is 59.4 Å². The minimum absolute atomic E-state index is 0.447. The molecule has 0 radical (unpaired) electrons. The first-order valence-electron chi connectivity index (χ1n) is 9.26. The summed E-state index contributed by atoms with van der Waals surface area (Å²) in [6.07, 6.45) is 5.32. The van der Waals surface area contributed by atoms with Gasteiger partial charge in [0.2, 0.25) is 0 Å². The number of hydrogen-bond donors (Lipinski definition) is 1. The van der Waals surface area contributed by atoms with E-state index in [2.05, 4.69) is 27.6 Å². The van der Waals surface area contributed by atoms with E-state index in [4.69, 9.17) is 14.0 Å². The molecule has 1 aliphatic heterocycles. The monoisotopic (exact) mass is 365 g/mol. The predicted molar refractivity (Wildman–Crippen MR) is 101 cm³/mol. The van der Waals surface area contributed by atoms with E-state index in [1.165, 1.54) is 0 Å². The molecule has 140 valence electrons. The number of ether oxygens (including phenoxy) is 2. The van der Waals surface area contributed by atoms with Crippen molar-refractivity contribution in [2.24, 2.45) is 0 Å². The smallest absolute Gasteiger partial charge is 0.139 e. The summed E-state index contributed by atoms with van der Waals surface area (Å²) in [5, 5.41) is 7.46. The van der Waals surface area contributed by atoms with Crippen molar-refractivity contribution in [1.29, 1.82) is 0 Å². The van der Waals surface area contributed by atoms with Gasteiger partial charge in [-0.25, -0.2) is 0 Å². The Morgan fingerprint density at radius 1 is 1.15 bits per heavy atom. The molecule has 6 heteroatoms. The second-order valence-electron chi connectivity index (χ2n) is 6.63. The third-order valence-electron chi connectivity index (χ3n) is 4.55. The maximum absolute atomic E-state index is 5.80. The van der Waals surface area contributed by atoms with Crippen molar-refractivity contribution in [3.63, 3.8) is 0 Å². The van der Waals surface area contributed by atoms with Crippen LogP contribution >= 0.6 is 0 Å². The van der Waals surface area contributed by atoms with E-state index in [1.54, 1.807) is 12.4 Å². The van der Waals surface area contributed by atoms with Gasteiger partial charge in [0.05, 0.1) is 19.4 Å². The molecule has 6 nitrogen and oxygen atoms in total. The number of nitrogens with zero attached hydrogens (tertiary/aromatic N) is 2. The van der Waals surface area contributed by atoms with Gasteiger partial charge in [0.1, 0.15) is 23.8 Å². The molecule has 0 unspecified atom stereocenters. The lowest BCUT2D eigenvalue weighted by Gasteiger charge is -2.27. The van der Waals surface area contributed by atoms with Crippen LogP contribution in [0, 0.1) is 0 Å². The van der Waals surface area contributed by atoms with Crippen LogP contribution in [-0.2, 0) is 17.8 Å². The van der Waals surface area contributed by atoms with E-state index in [0.29, 0.717) is 32.3 Å². The van der Waals surface area contributed by atoms with Crippen LogP contribution in [0.3, 0.4) is 0 Å². The molecule has 1 N–H and O–H groups in total. The SMILES string of the molecule is c1ccc(COCCc2cc(-c3cncc(OC[C@@H]4CCN4)c3)no2)cc1. The van der Waals surface area contributed by atoms with Gasteiger partial charge in [-0.3, -0.25) is 4.98 Å². The summed E-state index contributed by atoms with van der Waals surface area (Å²) >= 11 is 0. The highest BCUT2D eigenvalue weighted by molar-refractivity contribution is 5.59. The molecule has 3 aromatic rings. The average molecular weight is 365 g/mol. The Balaban J connectivity index is 1.28. The lowest BCUT2D eigenvalue weighted by Crippen LogP contribution is -2.46. The van der Waals surface area contributed by atoms with Gasteiger partial charge in [0.25, 0.3) is 0 Å². The summed E-state index contributed by atoms with van der Waals surface area (Å²) < 4.78 is 16.9. The summed E-state index contributed by atoms with van der Waals surface area (Å²) in [6, 6.07) is 14.4. The van der Waals surface area contributed by atoms with E-state index in [0.717, 1.165) is 41.3 Å². The fraction of sp³-hybridized carbons (Fsp3) is 0.333. The standard InChI is InChI=1S/C21H23N3O3/c1-2-4-16(5-3-1)14-25-9-7-19-11-21(24-27-19)17-10-20(13-22-12-17)26-15-18-6-8-23-18/h1-5,10-13,18,23H,6-9,14-15H2/t18-/m0/s1. The van der Waals surface area contributed by atoms with Gasteiger partial charge < -0.3 is 19.3 Å². The van der Waals surface area contributed by atoms with E-state index < -0.39 is 0 Å². The molecule has 0 saturated carbocycles. The molecule has 0 aliphatic carbocycles. The second-order valence-corrected chi connectivity index (χ2v) is 6.63. The van der Waals surface area contributed by atoms with E-state index in [-0.39, 0.29) is 0 Å². The molecule has 0 amide bonds. The van der Waals surface area contributed by atoms with E-state index in [9.17, 15) is 0 Å². The van der Waals surface area contributed by atoms with Crippen LogP contribution in [0.2, 0.25) is 0 Å². The van der Waals surface area contributed by atoms with Crippen LogP contribution in [-0.4, -0.2) is 35.9 Å². The Bertz CT molecular complexity index is 847. The molecule has 1 aromatic carbocycles. The van der Waals surface area contributed by atoms with Gasteiger partial charge in [-0.1, -0.05) is 35.5 Å². The topological polar surface area (TPSA) is 69.4 Å². The molecule has 1 saturated heterocycles. The molecule has 1 atom stereocenters. The molecule has 27 heavy (non-hydrogen) atoms. The van der Waals surface area contributed by atoms with Crippen molar-refractivity contribution in [2.75, 3.05) is 19.8 Å². The lowest BCUT2D eigenvalue weighted by molar-refractivity contribution is 0.119. The molecule has 0 bridgehead atoms. The third kappa shape index (κ3) is 4.93. The van der Waals surface area contributed by atoms with Gasteiger partial charge >= 0.3 is 0 Å². The maximum Gasteiger partial charge on any atom is 0.139 e. The number of pyridine rings is 1. The zero-order valence-electron chi connectivity index (χ0n) is 15.1. The Kier molecular flexibility index (Phi) is 5.76. The quantitative estimate of drug-likeness (QED) is 0.587. The molecule has 4 rings (SSSR count). The van der Waals surface area contributed by atoms with E-state index in [1.807, 2.05) is 30.3 Å². The highest BCUT2D eigenvalue weighted by Crippen LogP contribution is 2.23. The third-order valence-corrected chi connectivity index (χ3v) is 4.55. The maximum atomic E-state index is 5.80. The van der Waals surface area contributed by atoms with Crippen LogP contribution in [0.5, 0.6) is 5.75 Å². The Hall–Kier alpha value is -2.70. The van der Waals surface area contributed by atoms with Crippen LogP contribution in [0.25, 0.3) is 11.3 Å². The predicted octanol–water partition coefficient (Wildman–Crippen LogP) is 3.24. The Morgan fingerprint density at radius 2 is 2.04 bits per heavy atom. The van der Waals surface area contributed by atoms with Crippen molar-refractivity contribution in [3.8, 4) is 17.0 Å². The molecule has 3 heterocycles. The lowest BCUT2D eigenvalue weighted by atomic mass is 10.1. The summed E-state index contributed by atoms with van der Waals surface area (Å²) in [5.41, 5.74) is 2.80. The van der Waals surface area contributed by atoms with Gasteiger partial charge in [-0.15, -0.1) is 0 Å². The molecular weight excluding hydrogens is 342 g/mol. The summed E-state index contributed by atoms with van der Waals surface area (Å²) in [5.74, 6) is 1.54. The average Bonchev–Trinajstić information content (AvgIpc) is 3.14. The van der Waals surface area contributed by atoms with Crippen LogP contribution in [0.1, 0.15) is 17.7 Å². The number of aromatic nitrogens is 2. The number of benzene rings is 1. The van der Waals surface area contributed by atoms with Crippen molar-refractivity contribution in [2.45, 2.75) is 25.5 Å². The normalized spacial score (nSPS) is 16.1. The van der Waals surface area contributed by atoms with Crippen LogP contribution in [0.4, 0.5) is 0 Å². The minimum Gasteiger partial charge on any atom is -0.490 e. The van der Waals surface area contributed by atoms with E-state index >= 15 is 0 Å². The molecule has 1 fully saturated rings. The van der Waals surface area contributed by atoms with Gasteiger partial charge in [0, 0.05) is 30.3 Å². The zero-order chi connectivity index (χ0) is 18.3. The number of rotatable bonds is 9. The zero-order valence-corrected chi connectivity index (χ0v) is 15.1. The van der Waals surface area contributed by atoms with Gasteiger partial charge in [-0.2, -0.15) is 0 Å². The van der Waals surface area contributed by atoms with Crippen molar-refractivity contribution in [3.05, 3.63) is 66.2 Å². The van der Waals surface area contributed by atoms with Crippen molar-refractivity contribution in [1.82, 2.24) is 15.5 Å². The summed E-state index contributed by atoms with van der Waals surface area (Å²) in [7, 11) is 0. The first-order chi connectivity index (χ1) is 13.4. The summed E-state index contributed by atoms with van der Waals surface area (Å²) in [4.78, 5) is 4.25. The molecule has 0 spiro atoms. The van der Waals surface area contributed by atoms with Gasteiger partial charge in [0.15, 0.2) is 0 Å². The number of hydrogen-bond acceptors (Lipinski definition) is 6. The first kappa shape index (κ1) is 17.7. The number of nitrogens with one attached hydrogen (secondary N) is 1. The van der Waals surface area contributed by atoms with Crippen molar-refractivity contribution >= 4 is 0 Å². The molecular formula is C21H23N3O3. The van der Waals surface area contributed by atoms with Gasteiger partial charge in [-0.05, 0) is 24.6 Å². The molecule has 2 aromatic heterocycles. The fourth-order valence-electron chi connectivity index (χ4n) is 2.83. The minimum atomic E-state index is 0.447. The molecule has 1 aliphatic rings. The highest BCUT2D eigenvalue weighted by atomic mass is 16.5. The second kappa shape index (κ2) is 8.79. The van der Waals surface area contributed by atoms with Crippen LogP contribution < -0.4 is 10.1 Å². The fourth-order valence-corrected chi connectivity index (χ4v) is 2.83. The summed E-state index contributed by atoms with van der Waals surface area (Å²) in [6.45, 7) is 2.91. The highest BCUT2D eigenvalue weighted by Gasteiger charge is 2.17. The Labute approximate surface area is 158 Å². The first-order valence-corrected chi connectivity index (χ1v) is 9.26.